The topological polar surface area (TPSA) is 62.2 Å². The Morgan fingerprint density at radius 1 is 1.56 bits per heavy atom. The van der Waals surface area contributed by atoms with Gasteiger partial charge < -0.3 is 10.4 Å². The molecule has 0 aliphatic carbocycles. The highest BCUT2D eigenvalue weighted by Crippen LogP contribution is 2.30. The van der Waals surface area contributed by atoms with E-state index in [-0.39, 0.29) is 6.61 Å². The Kier molecular flexibility index (Phi) is 4.66. The summed E-state index contributed by atoms with van der Waals surface area (Å²) in [7, 11) is 0. The lowest BCUT2D eigenvalue weighted by Gasteiger charge is -2.16. The highest BCUT2D eigenvalue weighted by atomic mass is 19.4. The fraction of sp³-hybridized carbons (Fsp3) is 0.455. The lowest BCUT2D eigenvalue weighted by atomic mass is 10.1. The van der Waals surface area contributed by atoms with E-state index in [1.54, 1.807) is 6.92 Å². The van der Waals surface area contributed by atoms with Gasteiger partial charge in [0.15, 0.2) is 0 Å². The molecule has 0 saturated heterocycles. The first-order valence-electron chi connectivity index (χ1n) is 5.34. The van der Waals surface area contributed by atoms with Crippen LogP contribution in [0.5, 0.6) is 0 Å². The van der Waals surface area contributed by atoms with Gasteiger partial charge in [0.2, 0.25) is 0 Å². The van der Waals surface area contributed by atoms with Crippen molar-refractivity contribution in [2.45, 2.75) is 25.6 Å². The molecule has 1 rings (SSSR count). The van der Waals surface area contributed by atoms with Gasteiger partial charge in [0.25, 0.3) is 5.91 Å². The van der Waals surface area contributed by atoms with Gasteiger partial charge in [0.05, 0.1) is 18.2 Å². The molecular weight excluding hydrogens is 249 g/mol. The van der Waals surface area contributed by atoms with Crippen molar-refractivity contribution in [3.63, 3.8) is 0 Å². The normalized spacial score (nSPS) is 13.2. The van der Waals surface area contributed by atoms with Crippen molar-refractivity contribution in [1.29, 1.82) is 0 Å². The number of nitrogens with zero attached hydrogens (tertiary/aromatic N) is 1. The number of nitrogens with one attached hydrogen (secondary N) is 1. The molecule has 0 fully saturated rings. The van der Waals surface area contributed by atoms with Crippen LogP contribution in [0.1, 0.15) is 29.4 Å². The molecule has 4 nitrogen and oxygen atoms in total. The number of alkyl halides is 3. The summed E-state index contributed by atoms with van der Waals surface area (Å²) in [5.74, 6) is -0.941. The summed E-state index contributed by atoms with van der Waals surface area (Å²) in [6, 6.07) is 1.32. The number of aromatic nitrogens is 1. The molecule has 0 saturated carbocycles. The van der Waals surface area contributed by atoms with Crippen LogP contribution in [0.2, 0.25) is 0 Å². The van der Waals surface area contributed by atoms with E-state index in [2.05, 4.69) is 10.3 Å². The molecule has 1 heterocycles. The van der Waals surface area contributed by atoms with Gasteiger partial charge in [-0.25, -0.2) is 0 Å². The summed E-state index contributed by atoms with van der Waals surface area (Å²) in [6.07, 6.45) is -3.11. The highest BCUT2D eigenvalue weighted by Gasteiger charge is 2.36. The zero-order chi connectivity index (χ0) is 13.8. The summed E-state index contributed by atoms with van der Waals surface area (Å²) in [6.45, 7) is 1.36. The van der Waals surface area contributed by atoms with Crippen LogP contribution in [0.4, 0.5) is 13.2 Å². The van der Waals surface area contributed by atoms with Gasteiger partial charge in [-0.15, -0.1) is 0 Å². The number of rotatable bonds is 4. The fourth-order valence-electron chi connectivity index (χ4n) is 1.35. The zero-order valence-electron chi connectivity index (χ0n) is 9.66. The maximum Gasteiger partial charge on any atom is 0.418 e. The second kappa shape index (κ2) is 5.81. The maximum atomic E-state index is 12.6. The van der Waals surface area contributed by atoms with Crippen LogP contribution < -0.4 is 5.32 Å². The molecule has 0 aliphatic heterocycles. The van der Waals surface area contributed by atoms with Crippen LogP contribution in [0.15, 0.2) is 18.3 Å². The minimum absolute atomic E-state index is 0.337. The highest BCUT2D eigenvalue weighted by molar-refractivity contribution is 5.94. The minimum Gasteiger partial charge on any atom is -0.394 e. The van der Waals surface area contributed by atoms with Gasteiger partial charge in [0.1, 0.15) is 5.69 Å². The molecule has 1 atom stereocenters. The van der Waals surface area contributed by atoms with Crippen LogP contribution in [0.3, 0.4) is 0 Å². The molecule has 2 N–H and O–H groups in total. The van der Waals surface area contributed by atoms with Gasteiger partial charge >= 0.3 is 6.18 Å². The Balaban J connectivity index is 2.99. The maximum absolute atomic E-state index is 12.6. The van der Waals surface area contributed by atoms with Gasteiger partial charge in [0, 0.05) is 6.20 Å². The quantitative estimate of drug-likeness (QED) is 0.866. The molecule has 1 aromatic heterocycles. The van der Waals surface area contributed by atoms with Crippen LogP contribution >= 0.6 is 0 Å². The van der Waals surface area contributed by atoms with Gasteiger partial charge in [-0.2, -0.15) is 13.2 Å². The predicted octanol–water partition coefficient (Wildman–Crippen LogP) is 1.60. The number of halogens is 3. The van der Waals surface area contributed by atoms with Crippen LogP contribution in [-0.4, -0.2) is 28.6 Å². The van der Waals surface area contributed by atoms with E-state index in [0.29, 0.717) is 6.42 Å². The second-order valence-electron chi connectivity index (χ2n) is 3.66. The van der Waals surface area contributed by atoms with Crippen LogP contribution in [0.25, 0.3) is 0 Å². The first-order valence-corrected chi connectivity index (χ1v) is 5.34. The molecule has 1 amide bonds. The summed E-state index contributed by atoms with van der Waals surface area (Å²) < 4.78 is 37.9. The van der Waals surface area contributed by atoms with E-state index in [9.17, 15) is 18.0 Å². The van der Waals surface area contributed by atoms with Gasteiger partial charge in [-0.1, -0.05) is 6.92 Å². The van der Waals surface area contributed by atoms with E-state index in [0.717, 1.165) is 18.3 Å². The van der Waals surface area contributed by atoms with Crippen LogP contribution in [-0.2, 0) is 6.18 Å². The number of aliphatic hydroxyl groups excluding tert-OH is 1. The van der Waals surface area contributed by atoms with E-state index < -0.39 is 29.4 Å². The molecule has 18 heavy (non-hydrogen) atoms. The number of amides is 1. The smallest absolute Gasteiger partial charge is 0.394 e. The Hall–Kier alpha value is -1.63. The molecular formula is C11H13F3N2O2. The van der Waals surface area contributed by atoms with Crippen molar-refractivity contribution >= 4 is 5.91 Å². The standard InChI is InChI=1S/C11H13F3N2O2/c1-2-7(6-17)16-10(18)9-8(11(12,13)14)4-3-5-15-9/h3-5,7,17H,2,6H2,1H3,(H,16,18)/t7-/m0/s1. The summed E-state index contributed by atoms with van der Waals surface area (Å²) in [5.41, 5.74) is -1.77. The average Bonchev–Trinajstić information content (AvgIpc) is 2.34. The van der Waals surface area contributed by atoms with Crippen molar-refractivity contribution in [1.82, 2.24) is 10.3 Å². The van der Waals surface area contributed by atoms with Crippen LogP contribution in [0, 0.1) is 0 Å². The first kappa shape index (κ1) is 14.4. The van der Waals surface area contributed by atoms with E-state index in [4.69, 9.17) is 5.11 Å². The number of hydrogen-bond acceptors (Lipinski definition) is 3. The number of carbonyl (C=O) groups is 1. The molecule has 0 bridgehead atoms. The minimum atomic E-state index is -4.64. The Labute approximate surface area is 102 Å². The number of aliphatic hydroxyl groups is 1. The summed E-state index contributed by atoms with van der Waals surface area (Å²) in [5, 5.41) is 11.2. The van der Waals surface area contributed by atoms with Gasteiger partial charge in [-0.05, 0) is 18.6 Å². The molecule has 0 spiro atoms. The Bertz CT molecular complexity index is 417. The first-order chi connectivity index (χ1) is 8.40. The molecule has 0 aliphatic rings. The molecule has 0 unspecified atom stereocenters. The third-order valence-corrected chi connectivity index (χ3v) is 2.38. The van der Waals surface area contributed by atoms with Crippen molar-refractivity contribution in [3.05, 3.63) is 29.6 Å². The second-order valence-corrected chi connectivity index (χ2v) is 3.66. The molecule has 1 aromatic rings. The third-order valence-electron chi connectivity index (χ3n) is 2.38. The summed E-state index contributed by atoms with van der Waals surface area (Å²) in [4.78, 5) is 15.1. The van der Waals surface area contributed by atoms with Crippen molar-refractivity contribution < 1.29 is 23.1 Å². The molecule has 100 valence electrons. The average molecular weight is 262 g/mol. The van der Waals surface area contributed by atoms with E-state index in [1.165, 1.54) is 0 Å². The lowest BCUT2D eigenvalue weighted by Crippen LogP contribution is -2.38. The number of pyridine rings is 1. The fourth-order valence-corrected chi connectivity index (χ4v) is 1.35. The Morgan fingerprint density at radius 3 is 2.72 bits per heavy atom. The predicted molar refractivity (Wildman–Crippen MR) is 57.9 cm³/mol. The summed E-state index contributed by atoms with van der Waals surface area (Å²) >= 11 is 0. The molecule has 0 radical (unpaired) electrons. The van der Waals surface area contributed by atoms with Crippen molar-refractivity contribution in [2.24, 2.45) is 0 Å². The third kappa shape index (κ3) is 3.43. The van der Waals surface area contributed by atoms with E-state index >= 15 is 0 Å². The molecule has 7 heteroatoms. The number of carbonyl (C=O) groups excluding carboxylic acids is 1. The Morgan fingerprint density at radius 2 is 2.22 bits per heavy atom. The molecule has 0 aromatic carbocycles. The lowest BCUT2D eigenvalue weighted by molar-refractivity contribution is -0.138. The van der Waals surface area contributed by atoms with Gasteiger partial charge in [-0.3, -0.25) is 9.78 Å². The number of hydrogen-bond donors (Lipinski definition) is 2. The van der Waals surface area contributed by atoms with Crippen molar-refractivity contribution in [2.75, 3.05) is 6.61 Å². The zero-order valence-corrected chi connectivity index (χ0v) is 9.66. The SMILES string of the molecule is CC[C@@H](CO)NC(=O)c1ncccc1C(F)(F)F. The largest absolute Gasteiger partial charge is 0.418 e. The monoisotopic (exact) mass is 262 g/mol. The van der Waals surface area contributed by atoms with Crippen molar-refractivity contribution in [3.8, 4) is 0 Å². The van der Waals surface area contributed by atoms with E-state index in [1.807, 2.05) is 0 Å².